The zero-order chi connectivity index (χ0) is 12.1. The van der Waals surface area contributed by atoms with Crippen molar-refractivity contribution in [2.45, 2.75) is 33.4 Å². The van der Waals surface area contributed by atoms with Crippen LogP contribution in [0, 0.1) is 0 Å². The summed E-state index contributed by atoms with van der Waals surface area (Å²) in [5, 5.41) is 0. The number of nitrogens with two attached hydrogens (primary N) is 1. The Morgan fingerprint density at radius 1 is 1.50 bits per heavy atom. The summed E-state index contributed by atoms with van der Waals surface area (Å²) < 4.78 is 0. The van der Waals surface area contributed by atoms with Gasteiger partial charge in [0, 0.05) is 25.3 Å². The lowest BCUT2D eigenvalue weighted by Gasteiger charge is -2.24. The van der Waals surface area contributed by atoms with E-state index < -0.39 is 0 Å². The maximum Gasteiger partial charge on any atom is 0.272 e. The number of rotatable bonds is 4. The third kappa shape index (κ3) is 2.79. The van der Waals surface area contributed by atoms with Crippen LogP contribution in [-0.2, 0) is 6.54 Å². The van der Waals surface area contributed by atoms with Gasteiger partial charge in [-0.2, -0.15) is 0 Å². The third-order valence-corrected chi connectivity index (χ3v) is 2.50. The van der Waals surface area contributed by atoms with Crippen LogP contribution in [-0.4, -0.2) is 28.4 Å². The largest absolute Gasteiger partial charge is 0.335 e. The smallest absolute Gasteiger partial charge is 0.272 e. The molecule has 4 heteroatoms. The Morgan fingerprint density at radius 3 is 2.56 bits per heavy atom. The molecule has 88 valence electrons. The van der Waals surface area contributed by atoms with Gasteiger partial charge < -0.3 is 10.6 Å². The van der Waals surface area contributed by atoms with E-state index in [1.807, 2.05) is 26.8 Å². The molecular weight excluding hydrogens is 202 g/mol. The van der Waals surface area contributed by atoms with Crippen LogP contribution in [0.5, 0.6) is 0 Å². The Kier molecular flexibility index (Phi) is 4.43. The lowest BCUT2D eigenvalue weighted by atomic mass is 10.2. The second kappa shape index (κ2) is 5.61. The van der Waals surface area contributed by atoms with Crippen LogP contribution in [0.2, 0.25) is 0 Å². The minimum atomic E-state index is -0.0268. The van der Waals surface area contributed by atoms with Gasteiger partial charge in [-0.25, -0.2) is 0 Å². The van der Waals surface area contributed by atoms with Gasteiger partial charge in [-0.15, -0.1) is 0 Å². The summed E-state index contributed by atoms with van der Waals surface area (Å²) in [5.74, 6) is -0.0268. The van der Waals surface area contributed by atoms with Crippen LogP contribution in [0.1, 0.15) is 36.8 Å². The van der Waals surface area contributed by atoms with Gasteiger partial charge in [0.2, 0.25) is 0 Å². The molecule has 0 unspecified atom stereocenters. The molecule has 0 atom stereocenters. The molecule has 1 aromatic heterocycles. The molecule has 0 radical (unpaired) electrons. The van der Waals surface area contributed by atoms with Crippen LogP contribution >= 0.6 is 0 Å². The van der Waals surface area contributed by atoms with Crippen LogP contribution in [0.4, 0.5) is 0 Å². The van der Waals surface area contributed by atoms with Gasteiger partial charge in [-0.1, -0.05) is 6.07 Å². The lowest BCUT2D eigenvalue weighted by molar-refractivity contribution is 0.0711. The molecule has 0 aliphatic carbocycles. The maximum absolute atomic E-state index is 12.0. The monoisotopic (exact) mass is 221 g/mol. The lowest BCUT2D eigenvalue weighted by Crippen LogP contribution is -2.37. The molecule has 0 aromatic carbocycles. The topological polar surface area (TPSA) is 59.2 Å². The van der Waals surface area contributed by atoms with Crippen molar-refractivity contribution < 1.29 is 4.79 Å². The number of aromatic nitrogens is 1. The fourth-order valence-corrected chi connectivity index (χ4v) is 1.56. The van der Waals surface area contributed by atoms with Crippen LogP contribution < -0.4 is 5.73 Å². The molecule has 4 nitrogen and oxygen atoms in total. The van der Waals surface area contributed by atoms with Gasteiger partial charge in [0.05, 0.1) is 0 Å². The van der Waals surface area contributed by atoms with Crippen molar-refractivity contribution in [3.8, 4) is 0 Å². The molecule has 0 fully saturated rings. The quantitative estimate of drug-likeness (QED) is 0.836. The van der Waals surface area contributed by atoms with E-state index in [9.17, 15) is 4.79 Å². The van der Waals surface area contributed by atoms with E-state index >= 15 is 0 Å². The zero-order valence-electron chi connectivity index (χ0n) is 10.1. The summed E-state index contributed by atoms with van der Waals surface area (Å²) in [6, 6.07) is 3.76. The molecule has 0 aliphatic heterocycles. The van der Waals surface area contributed by atoms with Gasteiger partial charge in [0.25, 0.3) is 5.91 Å². The molecule has 1 aromatic rings. The van der Waals surface area contributed by atoms with Crippen molar-refractivity contribution in [3.05, 3.63) is 29.6 Å². The molecule has 2 N–H and O–H groups in total. The van der Waals surface area contributed by atoms with Gasteiger partial charge in [0.1, 0.15) is 5.69 Å². The SMILES string of the molecule is CCN(C(=O)c1ccc(CN)cn1)C(C)C. The molecule has 0 saturated heterocycles. The number of carbonyl (C=O) groups is 1. The Morgan fingerprint density at radius 2 is 2.19 bits per heavy atom. The molecule has 1 amide bonds. The van der Waals surface area contributed by atoms with Crippen molar-refractivity contribution >= 4 is 5.91 Å². The molecule has 1 rings (SSSR count). The molecule has 0 saturated carbocycles. The molecule has 0 aliphatic rings. The summed E-state index contributed by atoms with van der Waals surface area (Å²) in [7, 11) is 0. The highest BCUT2D eigenvalue weighted by Crippen LogP contribution is 2.07. The highest BCUT2D eigenvalue weighted by Gasteiger charge is 2.17. The fraction of sp³-hybridized carbons (Fsp3) is 0.500. The third-order valence-electron chi connectivity index (χ3n) is 2.50. The summed E-state index contributed by atoms with van der Waals surface area (Å²) in [6.07, 6.45) is 1.65. The highest BCUT2D eigenvalue weighted by atomic mass is 16.2. The Labute approximate surface area is 96.5 Å². The summed E-state index contributed by atoms with van der Waals surface area (Å²) in [4.78, 5) is 18.0. The van der Waals surface area contributed by atoms with Crippen molar-refractivity contribution in [1.82, 2.24) is 9.88 Å². The number of amides is 1. The first-order valence-corrected chi connectivity index (χ1v) is 5.56. The van der Waals surface area contributed by atoms with E-state index in [2.05, 4.69) is 4.98 Å². The number of nitrogens with zero attached hydrogens (tertiary/aromatic N) is 2. The average Bonchev–Trinajstić information content (AvgIpc) is 2.29. The summed E-state index contributed by atoms with van der Waals surface area (Å²) in [5.41, 5.74) is 6.89. The van der Waals surface area contributed by atoms with Crippen molar-refractivity contribution in [3.63, 3.8) is 0 Å². The number of carbonyl (C=O) groups excluding carboxylic acids is 1. The van der Waals surface area contributed by atoms with E-state index in [4.69, 9.17) is 5.73 Å². The Bertz CT molecular complexity index is 346. The van der Waals surface area contributed by atoms with E-state index in [1.54, 1.807) is 17.2 Å². The van der Waals surface area contributed by atoms with Crippen LogP contribution in [0.3, 0.4) is 0 Å². The van der Waals surface area contributed by atoms with Gasteiger partial charge >= 0.3 is 0 Å². The normalized spacial score (nSPS) is 10.6. The summed E-state index contributed by atoms with van der Waals surface area (Å²) in [6.45, 7) is 7.09. The zero-order valence-corrected chi connectivity index (χ0v) is 10.1. The predicted octanol–water partition coefficient (Wildman–Crippen LogP) is 1.41. The van der Waals surface area contributed by atoms with Gasteiger partial charge in [0.15, 0.2) is 0 Å². The standard InChI is InChI=1S/C12H19N3O/c1-4-15(9(2)3)12(16)11-6-5-10(7-13)8-14-11/h5-6,8-9H,4,7,13H2,1-3H3. The number of hydrogen-bond acceptors (Lipinski definition) is 3. The van der Waals surface area contributed by atoms with E-state index in [0.29, 0.717) is 18.8 Å². The molecule has 16 heavy (non-hydrogen) atoms. The van der Waals surface area contributed by atoms with Gasteiger partial charge in [-0.3, -0.25) is 9.78 Å². The first kappa shape index (κ1) is 12.6. The Hall–Kier alpha value is -1.42. The van der Waals surface area contributed by atoms with Crippen LogP contribution in [0.15, 0.2) is 18.3 Å². The van der Waals surface area contributed by atoms with E-state index in [0.717, 1.165) is 5.56 Å². The second-order valence-electron chi connectivity index (χ2n) is 3.94. The summed E-state index contributed by atoms with van der Waals surface area (Å²) >= 11 is 0. The fourth-order valence-electron chi connectivity index (χ4n) is 1.56. The van der Waals surface area contributed by atoms with Crippen molar-refractivity contribution in [2.75, 3.05) is 6.54 Å². The predicted molar refractivity (Wildman–Crippen MR) is 64.0 cm³/mol. The first-order chi connectivity index (χ1) is 7.60. The Balaban J connectivity index is 2.86. The molecule has 0 spiro atoms. The van der Waals surface area contributed by atoms with Crippen LogP contribution in [0.25, 0.3) is 0 Å². The second-order valence-corrected chi connectivity index (χ2v) is 3.94. The molecule has 0 bridgehead atoms. The minimum Gasteiger partial charge on any atom is -0.335 e. The van der Waals surface area contributed by atoms with Crippen molar-refractivity contribution in [2.24, 2.45) is 5.73 Å². The highest BCUT2D eigenvalue weighted by molar-refractivity contribution is 5.92. The van der Waals surface area contributed by atoms with E-state index in [1.165, 1.54) is 0 Å². The van der Waals surface area contributed by atoms with Gasteiger partial charge in [-0.05, 0) is 32.4 Å². The number of hydrogen-bond donors (Lipinski definition) is 1. The first-order valence-electron chi connectivity index (χ1n) is 5.56. The average molecular weight is 221 g/mol. The maximum atomic E-state index is 12.0. The molecule has 1 heterocycles. The minimum absolute atomic E-state index is 0.0268. The molecular formula is C12H19N3O. The van der Waals surface area contributed by atoms with E-state index in [-0.39, 0.29) is 11.9 Å². The van der Waals surface area contributed by atoms with Crippen molar-refractivity contribution in [1.29, 1.82) is 0 Å². The number of pyridine rings is 1.